The molecule has 0 bridgehead atoms. The van der Waals surface area contributed by atoms with Gasteiger partial charge >= 0.3 is 0 Å². The second-order valence-corrected chi connectivity index (χ2v) is 5.51. The number of carbonyl (C=O) groups excluding carboxylic acids is 1. The van der Waals surface area contributed by atoms with E-state index in [9.17, 15) is 4.79 Å². The summed E-state index contributed by atoms with van der Waals surface area (Å²) < 4.78 is 4.99. The predicted octanol–water partition coefficient (Wildman–Crippen LogP) is 2.59. The minimum Gasteiger partial charge on any atom is -0.385 e. The van der Waals surface area contributed by atoms with Gasteiger partial charge < -0.3 is 15.4 Å². The number of rotatable bonds is 7. The Bertz CT molecular complexity index is 428. The van der Waals surface area contributed by atoms with Crippen LogP contribution in [0.15, 0.2) is 18.3 Å². The van der Waals surface area contributed by atoms with Crippen LogP contribution in [0.4, 0.5) is 5.82 Å². The molecular formula is C16H25N3O2. The van der Waals surface area contributed by atoms with Gasteiger partial charge in [-0.2, -0.15) is 0 Å². The van der Waals surface area contributed by atoms with E-state index < -0.39 is 0 Å². The van der Waals surface area contributed by atoms with Crippen molar-refractivity contribution in [3.63, 3.8) is 0 Å². The summed E-state index contributed by atoms with van der Waals surface area (Å²) in [5.41, 5.74) is 0.628. The van der Waals surface area contributed by atoms with Crippen molar-refractivity contribution in [1.82, 2.24) is 10.3 Å². The van der Waals surface area contributed by atoms with E-state index in [1.165, 1.54) is 19.3 Å². The number of nitrogens with zero attached hydrogens (tertiary/aromatic N) is 1. The molecule has 21 heavy (non-hydrogen) atoms. The van der Waals surface area contributed by atoms with Gasteiger partial charge in [0.2, 0.25) is 0 Å². The lowest BCUT2D eigenvalue weighted by molar-refractivity contribution is 0.0927. The van der Waals surface area contributed by atoms with E-state index in [0.717, 1.165) is 38.2 Å². The normalized spacial score (nSPS) is 15.7. The average molecular weight is 291 g/mol. The highest BCUT2D eigenvalue weighted by Crippen LogP contribution is 2.17. The second-order valence-electron chi connectivity index (χ2n) is 5.51. The average Bonchev–Trinajstić information content (AvgIpc) is 2.53. The third-order valence-corrected chi connectivity index (χ3v) is 3.80. The summed E-state index contributed by atoms with van der Waals surface area (Å²) in [6.07, 6.45) is 8.48. The largest absolute Gasteiger partial charge is 0.385 e. The van der Waals surface area contributed by atoms with Gasteiger partial charge in [0.25, 0.3) is 5.91 Å². The fourth-order valence-corrected chi connectivity index (χ4v) is 2.58. The molecular weight excluding hydrogens is 266 g/mol. The zero-order chi connectivity index (χ0) is 14.9. The van der Waals surface area contributed by atoms with Crippen molar-refractivity contribution in [3.8, 4) is 0 Å². The van der Waals surface area contributed by atoms with E-state index >= 15 is 0 Å². The predicted molar refractivity (Wildman–Crippen MR) is 83.6 cm³/mol. The summed E-state index contributed by atoms with van der Waals surface area (Å²) in [6, 6.07) is 4.00. The van der Waals surface area contributed by atoms with Crippen LogP contribution in [0.3, 0.4) is 0 Å². The molecule has 2 rings (SSSR count). The number of methoxy groups -OCH3 is 1. The third-order valence-electron chi connectivity index (χ3n) is 3.80. The third kappa shape index (κ3) is 5.34. The van der Waals surface area contributed by atoms with E-state index in [1.54, 1.807) is 13.3 Å². The molecule has 1 heterocycles. The van der Waals surface area contributed by atoms with Crippen LogP contribution in [0.2, 0.25) is 0 Å². The molecule has 0 aliphatic heterocycles. The molecule has 0 aromatic carbocycles. The topological polar surface area (TPSA) is 63.2 Å². The number of hydrogen-bond donors (Lipinski definition) is 2. The summed E-state index contributed by atoms with van der Waals surface area (Å²) in [6.45, 7) is 1.54. The quantitative estimate of drug-likeness (QED) is 0.758. The minimum absolute atomic E-state index is 0.0136. The summed E-state index contributed by atoms with van der Waals surface area (Å²) in [5, 5.41) is 6.30. The molecule has 1 aromatic rings. The highest BCUT2D eigenvalue weighted by Gasteiger charge is 2.16. The maximum absolute atomic E-state index is 12.1. The molecule has 1 amide bonds. The van der Waals surface area contributed by atoms with Gasteiger partial charge in [0.05, 0.1) is 5.56 Å². The lowest BCUT2D eigenvalue weighted by Gasteiger charge is -2.22. The first kappa shape index (κ1) is 15.8. The smallest absolute Gasteiger partial charge is 0.253 e. The van der Waals surface area contributed by atoms with Crippen LogP contribution in [0.25, 0.3) is 0 Å². The molecule has 1 aromatic heterocycles. The molecule has 5 nitrogen and oxygen atoms in total. The fourth-order valence-electron chi connectivity index (χ4n) is 2.58. The number of amides is 1. The molecule has 0 unspecified atom stereocenters. The molecule has 5 heteroatoms. The number of ether oxygens (including phenoxy) is 1. The Labute approximate surface area is 126 Å². The molecule has 2 N–H and O–H groups in total. The maximum Gasteiger partial charge on any atom is 0.253 e. The standard InChI is InChI=1S/C16H25N3O2/c1-21-11-5-10-17-15-9-8-13(12-18-15)16(20)19-14-6-3-2-4-7-14/h8-9,12,14H,2-7,10-11H2,1H3,(H,17,18)(H,19,20). The number of anilines is 1. The first-order valence-corrected chi connectivity index (χ1v) is 7.79. The lowest BCUT2D eigenvalue weighted by Crippen LogP contribution is -2.36. The van der Waals surface area contributed by atoms with Crippen molar-refractivity contribution in [3.05, 3.63) is 23.9 Å². The Morgan fingerprint density at radius 3 is 2.81 bits per heavy atom. The van der Waals surface area contributed by atoms with Crippen LogP contribution in [0.5, 0.6) is 0 Å². The van der Waals surface area contributed by atoms with Crippen molar-refractivity contribution in [2.75, 3.05) is 25.6 Å². The molecule has 116 valence electrons. The zero-order valence-corrected chi connectivity index (χ0v) is 12.7. The van der Waals surface area contributed by atoms with E-state index in [-0.39, 0.29) is 5.91 Å². The Balaban J connectivity index is 1.78. The molecule has 1 saturated carbocycles. The van der Waals surface area contributed by atoms with E-state index in [4.69, 9.17) is 4.74 Å². The Hall–Kier alpha value is -1.62. The Morgan fingerprint density at radius 2 is 2.14 bits per heavy atom. The van der Waals surface area contributed by atoms with Crippen LogP contribution in [-0.2, 0) is 4.74 Å². The van der Waals surface area contributed by atoms with Gasteiger partial charge in [-0.3, -0.25) is 4.79 Å². The van der Waals surface area contributed by atoms with Crippen molar-refractivity contribution in [2.24, 2.45) is 0 Å². The number of carbonyl (C=O) groups is 1. The van der Waals surface area contributed by atoms with Crippen molar-refractivity contribution in [1.29, 1.82) is 0 Å². The monoisotopic (exact) mass is 291 g/mol. The number of aromatic nitrogens is 1. The first-order chi connectivity index (χ1) is 10.3. The molecule has 1 aliphatic carbocycles. The molecule has 1 aliphatic rings. The van der Waals surface area contributed by atoms with Gasteiger partial charge in [0.1, 0.15) is 5.82 Å². The second kappa shape index (κ2) is 8.62. The molecule has 1 fully saturated rings. The summed E-state index contributed by atoms with van der Waals surface area (Å²) in [4.78, 5) is 16.4. The first-order valence-electron chi connectivity index (χ1n) is 7.79. The lowest BCUT2D eigenvalue weighted by atomic mass is 9.95. The van der Waals surface area contributed by atoms with Crippen LogP contribution in [0.1, 0.15) is 48.9 Å². The van der Waals surface area contributed by atoms with E-state index in [2.05, 4.69) is 15.6 Å². The Morgan fingerprint density at radius 1 is 1.33 bits per heavy atom. The van der Waals surface area contributed by atoms with E-state index in [0.29, 0.717) is 11.6 Å². The Kier molecular flexibility index (Phi) is 6.47. The van der Waals surface area contributed by atoms with Crippen molar-refractivity contribution < 1.29 is 9.53 Å². The minimum atomic E-state index is -0.0136. The summed E-state index contributed by atoms with van der Waals surface area (Å²) in [7, 11) is 1.69. The number of nitrogens with one attached hydrogen (secondary N) is 2. The summed E-state index contributed by atoms with van der Waals surface area (Å²) in [5.74, 6) is 0.778. The van der Waals surface area contributed by atoms with Gasteiger partial charge in [-0.15, -0.1) is 0 Å². The number of pyridine rings is 1. The SMILES string of the molecule is COCCCNc1ccc(C(=O)NC2CCCCC2)cn1. The van der Waals surface area contributed by atoms with Crippen LogP contribution >= 0.6 is 0 Å². The highest BCUT2D eigenvalue weighted by atomic mass is 16.5. The maximum atomic E-state index is 12.1. The fraction of sp³-hybridized carbons (Fsp3) is 0.625. The van der Waals surface area contributed by atoms with Crippen molar-refractivity contribution >= 4 is 11.7 Å². The molecule has 0 saturated heterocycles. The van der Waals surface area contributed by atoms with Crippen LogP contribution in [0, 0.1) is 0 Å². The highest BCUT2D eigenvalue weighted by molar-refractivity contribution is 5.94. The molecule has 0 radical (unpaired) electrons. The van der Waals surface area contributed by atoms with Gasteiger partial charge in [-0.25, -0.2) is 4.98 Å². The summed E-state index contributed by atoms with van der Waals surface area (Å²) >= 11 is 0. The van der Waals surface area contributed by atoms with Gasteiger partial charge in [0.15, 0.2) is 0 Å². The van der Waals surface area contributed by atoms with Gasteiger partial charge in [0, 0.05) is 32.5 Å². The number of hydrogen-bond acceptors (Lipinski definition) is 4. The van der Waals surface area contributed by atoms with E-state index in [1.807, 2.05) is 12.1 Å². The zero-order valence-electron chi connectivity index (χ0n) is 12.7. The van der Waals surface area contributed by atoms with Gasteiger partial charge in [-0.05, 0) is 31.4 Å². The molecule has 0 spiro atoms. The van der Waals surface area contributed by atoms with Gasteiger partial charge in [-0.1, -0.05) is 19.3 Å². The van der Waals surface area contributed by atoms with Crippen LogP contribution in [-0.4, -0.2) is 37.2 Å². The molecule has 0 atom stereocenters. The van der Waals surface area contributed by atoms with Crippen LogP contribution < -0.4 is 10.6 Å². The van der Waals surface area contributed by atoms with Crippen molar-refractivity contribution in [2.45, 2.75) is 44.6 Å².